The summed E-state index contributed by atoms with van der Waals surface area (Å²) in [5, 5.41) is 5.87. The molecule has 0 aromatic heterocycles. The second kappa shape index (κ2) is 7.40. The van der Waals surface area contributed by atoms with E-state index in [1.54, 1.807) is 6.07 Å². The van der Waals surface area contributed by atoms with Crippen LogP contribution in [-0.2, 0) is 4.79 Å². The summed E-state index contributed by atoms with van der Waals surface area (Å²) >= 11 is 3.38. The molecule has 0 radical (unpaired) electrons. The molecular weight excluding hydrogens is 347 g/mol. The number of benzene rings is 2. The van der Waals surface area contributed by atoms with Crippen LogP contribution >= 0.6 is 15.9 Å². The number of hydrogen-bond donors (Lipinski definition) is 2. The number of rotatable bonds is 5. The van der Waals surface area contributed by atoms with Gasteiger partial charge in [-0.2, -0.15) is 0 Å². The van der Waals surface area contributed by atoms with E-state index in [1.165, 1.54) is 12.1 Å². The summed E-state index contributed by atoms with van der Waals surface area (Å²) in [5.74, 6) is -0.462. The Morgan fingerprint density at radius 1 is 1.23 bits per heavy atom. The van der Waals surface area contributed by atoms with Crippen LogP contribution in [0.3, 0.4) is 0 Å². The van der Waals surface area contributed by atoms with Crippen LogP contribution in [0.2, 0.25) is 0 Å². The van der Waals surface area contributed by atoms with Gasteiger partial charge >= 0.3 is 0 Å². The average Bonchev–Trinajstić information content (AvgIpc) is 2.49. The molecule has 0 spiro atoms. The zero-order valence-corrected chi connectivity index (χ0v) is 14.1. The summed E-state index contributed by atoms with van der Waals surface area (Å²) < 4.78 is 14.2. The van der Waals surface area contributed by atoms with Crippen LogP contribution in [0, 0.1) is 12.7 Å². The van der Waals surface area contributed by atoms with E-state index >= 15 is 0 Å². The van der Waals surface area contributed by atoms with Gasteiger partial charge in [-0.3, -0.25) is 4.79 Å². The molecule has 2 N–H and O–H groups in total. The maximum absolute atomic E-state index is 13.2. The summed E-state index contributed by atoms with van der Waals surface area (Å²) in [6.45, 7) is 3.89. The number of anilines is 1. The second-order valence-corrected chi connectivity index (χ2v) is 6.07. The summed E-state index contributed by atoms with van der Waals surface area (Å²) in [5.41, 5.74) is 2.56. The van der Waals surface area contributed by atoms with Crippen LogP contribution in [0.4, 0.5) is 10.1 Å². The van der Waals surface area contributed by atoms with Crippen molar-refractivity contribution in [3.05, 3.63) is 63.9 Å². The van der Waals surface area contributed by atoms with Crippen LogP contribution < -0.4 is 10.6 Å². The second-order valence-electron chi connectivity index (χ2n) is 5.15. The van der Waals surface area contributed by atoms with Gasteiger partial charge in [0, 0.05) is 10.2 Å². The molecule has 1 unspecified atom stereocenters. The fourth-order valence-corrected chi connectivity index (χ4v) is 2.35. The van der Waals surface area contributed by atoms with E-state index in [0.717, 1.165) is 15.6 Å². The first-order chi connectivity index (χ1) is 10.5. The lowest BCUT2D eigenvalue weighted by atomic mass is 10.1. The number of amides is 1. The van der Waals surface area contributed by atoms with Crippen molar-refractivity contribution >= 4 is 27.5 Å². The Morgan fingerprint density at radius 2 is 1.91 bits per heavy atom. The lowest BCUT2D eigenvalue weighted by molar-refractivity contribution is -0.120. The van der Waals surface area contributed by atoms with E-state index in [1.807, 2.05) is 38.1 Å². The fourth-order valence-electron chi connectivity index (χ4n) is 2.09. The lowest BCUT2D eigenvalue weighted by Gasteiger charge is -2.15. The predicted molar refractivity (Wildman–Crippen MR) is 90.3 cm³/mol. The standard InChI is InChI=1S/C17H18BrFN2O/c1-11-3-8-15(19)9-16(11)20-10-17(22)21-12(2)13-4-6-14(18)7-5-13/h3-9,12,20H,10H2,1-2H3,(H,21,22). The Morgan fingerprint density at radius 3 is 2.59 bits per heavy atom. The van der Waals surface area contributed by atoms with Gasteiger partial charge < -0.3 is 10.6 Å². The highest BCUT2D eigenvalue weighted by Gasteiger charge is 2.10. The van der Waals surface area contributed by atoms with Crippen LogP contribution in [0.15, 0.2) is 46.9 Å². The first-order valence-corrected chi connectivity index (χ1v) is 7.80. The van der Waals surface area contributed by atoms with Crippen molar-refractivity contribution in [1.82, 2.24) is 5.32 Å². The average molecular weight is 365 g/mol. The molecule has 22 heavy (non-hydrogen) atoms. The Bertz CT molecular complexity index is 658. The van der Waals surface area contributed by atoms with Crippen molar-refractivity contribution < 1.29 is 9.18 Å². The summed E-state index contributed by atoms with van der Waals surface area (Å²) in [6, 6.07) is 12.2. The minimum Gasteiger partial charge on any atom is -0.376 e. The summed E-state index contributed by atoms with van der Waals surface area (Å²) in [7, 11) is 0. The third kappa shape index (κ3) is 4.56. The molecule has 0 fully saturated rings. The van der Waals surface area contributed by atoms with Gasteiger partial charge in [0.1, 0.15) is 5.82 Å². The molecule has 1 atom stereocenters. The largest absolute Gasteiger partial charge is 0.376 e. The molecule has 116 valence electrons. The summed E-state index contributed by atoms with van der Waals surface area (Å²) in [6.07, 6.45) is 0. The van der Waals surface area contributed by atoms with Gasteiger partial charge in [0.25, 0.3) is 0 Å². The molecule has 0 aliphatic rings. The zero-order valence-electron chi connectivity index (χ0n) is 12.5. The number of aryl methyl sites for hydroxylation is 1. The van der Waals surface area contributed by atoms with E-state index in [-0.39, 0.29) is 24.3 Å². The molecule has 2 rings (SSSR count). The van der Waals surface area contributed by atoms with Crippen molar-refractivity contribution in [3.8, 4) is 0 Å². The molecule has 3 nitrogen and oxygen atoms in total. The van der Waals surface area contributed by atoms with E-state index in [9.17, 15) is 9.18 Å². The molecule has 0 aliphatic carbocycles. The first kappa shape index (κ1) is 16.5. The van der Waals surface area contributed by atoms with Crippen LogP contribution in [0.25, 0.3) is 0 Å². The number of carbonyl (C=O) groups is 1. The van der Waals surface area contributed by atoms with E-state index in [0.29, 0.717) is 5.69 Å². The molecule has 2 aromatic carbocycles. The monoisotopic (exact) mass is 364 g/mol. The lowest BCUT2D eigenvalue weighted by Crippen LogP contribution is -2.32. The molecule has 0 bridgehead atoms. The van der Waals surface area contributed by atoms with E-state index in [4.69, 9.17) is 0 Å². The molecule has 0 saturated heterocycles. The maximum atomic E-state index is 13.2. The van der Waals surface area contributed by atoms with Gasteiger partial charge in [-0.05, 0) is 49.2 Å². The van der Waals surface area contributed by atoms with Gasteiger partial charge in [0.2, 0.25) is 5.91 Å². The number of carbonyl (C=O) groups excluding carboxylic acids is 1. The minimum absolute atomic E-state index is 0.0870. The Hall–Kier alpha value is -1.88. The summed E-state index contributed by atoms with van der Waals surface area (Å²) in [4.78, 5) is 12.0. The molecule has 5 heteroatoms. The Kier molecular flexibility index (Phi) is 5.55. The van der Waals surface area contributed by atoms with Crippen molar-refractivity contribution in [3.63, 3.8) is 0 Å². The first-order valence-electron chi connectivity index (χ1n) is 7.00. The third-order valence-corrected chi connectivity index (χ3v) is 3.92. The molecule has 0 aliphatic heterocycles. The highest BCUT2D eigenvalue weighted by molar-refractivity contribution is 9.10. The minimum atomic E-state index is -0.322. The van der Waals surface area contributed by atoms with Crippen LogP contribution in [0.5, 0.6) is 0 Å². The van der Waals surface area contributed by atoms with Crippen LogP contribution in [0.1, 0.15) is 24.1 Å². The van der Waals surface area contributed by atoms with Crippen molar-refractivity contribution in [2.75, 3.05) is 11.9 Å². The highest BCUT2D eigenvalue weighted by atomic mass is 79.9. The molecular formula is C17H18BrFN2O. The van der Waals surface area contributed by atoms with E-state index < -0.39 is 0 Å². The quantitative estimate of drug-likeness (QED) is 0.835. The topological polar surface area (TPSA) is 41.1 Å². The highest BCUT2D eigenvalue weighted by Crippen LogP contribution is 2.17. The SMILES string of the molecule is Cc1ccc(F)cc1NCC(=O)NC(C)c1ccc(Br)cc1. The van der Waals surface area contributed by atoms with Gasteiger partial charge in [-0.15, -0.1) is 0 Å². The Balaban J connectivity index is 1.90. The molecule has 0 saturated carbocycles. The Labute approximate surface area is 138 Å². The van der Waals surface area contributed by atoms with Crippen molar-refractivity contribution in [1.29, 1.82) is 0 Å². The molecule has 1 amide bonds. The van der Waals surface area contributed by atoms with Gasteiger partial charge in [0.05, 0.1) is 12.6 Å². The maximum Gasteiger partial charge on any atom is 0.239 e. The van der Waals surface area contributed by atoms with Gasteiger partial charge in [0.15, 0.2) is 0 Å². The third-order valence-electron chi connectivity index (χ3n) is 3.39. The number of hydrogen-bond acceptors (Lipinski definition) is 2. The van der Waals surface area contributed by atoms with Gasteiger partial charge in [-0.25, -0.2) is 4.39 Å². The fraction of sp³-hybridized carbons (Fsp3) is 0.235. The van der Waals surface area contributed by atoms with Crippen molar-refractivity contribution in [2.45, 2.75) is 19.9 Å². The van der Waals surface area contributed by atoms with Gasteiger partial charge in [-0.1, -0.05) is 34.1 Å². The normalized spacial score (nSPS) is 11.8. The van der Waals surface area contributed by atoms with Crippen LogP contribution in [-0.4, -0.2) is 12.5 Å². The molecule has 2 aromatic rings. The number of halogens is 2. The smallest absolute Gasteiger partial charge is 0.239 e. The zero-order chi connectivity index (χ0) is 16.1. The van der Waals surface area contributed by atoms with E-state index in [2.05, 4.69) is 26.6 Å². The number of nitrogens with one attached hydrogen (secondary N) is 2. The predicted octanol–water partition coefficient (Wildman–Crippen LogP) is 4.19. The molecule has 0 heterocycles. The van der Waals surface area contributed by atoms with Crippen molar-refractivity contribution in [2.24, 2.45) is 0 Å².